The third-order valence-electron chi connectivity index (χ3n) is 3.38. The summed E-state index contributed by atoms with van der Waals surface area (Å²) in [5.74, 6) is 0.762. The van der Waals surface area contributed by atoms with Crippen molar-refractivity contribution in [2.75, 3.05) is 13.6 Å². The molecule has 3 heteroatoms. The predicted molar refractivity (Wildman–Crippen MR) is 90.2 cm³/mol. The fourth-order valence-electron chi connectivity index (χ4n) is 2.32. The maximum Gasteiger partial charge on any atom is 0.134 e. The molecule has 0 radical (unpaired) electrons. The minimum absolute atomic E-state index is 0.591. The summed E-state index contributed by atoms with van der Waals surface area (Å²) in [4.78, 5) is 0.927. The van der Waals surface area contributed by atoms with E-state index in [1.54, 1.807) is 11.3 Å². The van der Waals surface area contributed by atoms with Crippen molar-refractivity contribution in [1.82, 2.24) is 5.32 Å². The van der Waals surface area contributed by atoms with Crippen LogP contribution in [0.5, 0.6) is 5.75 Å². The lowest BCUT2D eigenvalue weighted by molar-refractivity contribution is 0.201. The Hall–Kier alpha value is -1.84. The van der Waals surface area contributed by atoms with Crippen LogP contribution in [0.3, 0.4) is 0 Å². The van der Waals surface area contributed by atoms with Crippen molar-refractivity contribution in [3.8, 4) is 5.75 Å². The predicted octanol–water partition coefficient (Wildman–Crippen LogP) is 4.63. The zero-order valence-corrected chi connectivity index (χ0v) is 12.8. The summed E-state index contributed by atoms with van der Waals surface area (Å²) in [6.07, 6.45) is -0.478. The Bertz CT molecular complexity index is 738. The highest BCUT2D eigenvalue weighted by Crippen LogP contribution is 2.32. The Kier molecular flexibility index (Phi) is 4.13. The molecule has 1 N–H and O–H groups in total. The van der Waals surface area contributed by atoms with Crippen LogP contribution in [-0.2, 0) is 0 Å². The van der Waals surface area contributed by atoms with Gasteiger partial charge in [0.05, 0.1) is 1.37 Å². The van der Waals surface area contributed by atoms with Gasteiger partial charge >= 0.3 is 0 Å². The quantitative estimate of drug-likeness (QED) is 0.716. The number of hydrogen-bond acceptors (Lipinski definition) is 3. The first-order chi connectivity index (χ1) is 10.7. The highest BCUT2D eigenvalue weighted by atomic mass is 32.1. The van der Waals surface area contributed by atoms with Crippen LogP contribution in [0.15, 0.2) is 60.0 Å². The Balaban J connectivity index is 1.99. The van der Waals surface area contributed by atoms with Gasteiger partial charge < -0.3 is 10.1 Å². The second-order valence-electron chi connectivity index (χ2n) is 4.83. The summed E-state index contributed by atoms with van der Waals surface area (Å²) < 4.78 is 15.0. The van der Waals surface area contributed by atoms with E-state index >= 15 is 0 Å². The van der Waals surface area contributed by atoms with Crippen LogP contribution in [0.25, 0.3) is 10.8 Å². The zero-order valence-electron chi connectivity index (χ0n) is 13.0. The van der Waals surface area contributed by atoms with Crippen molar-refractivity contribution in [1.29, 1.82) is 0 Å². The minimum Gasteiger partial charge on any atom is -0.484 e. The molecule has 21 heavy (non-hydrogen) atoms. The first kappa shape index (κ1) is 12.9. The Morgan fingerprint density at radius 3 is 2.81 bits per heavy atom. The van der Waals surface area contributed by atoms with E-state index in [4.69, 9.17) is 6.11 Å². The van der Waals surface area contributed by atoms with Crippen molar-refractivity contribution < 1.29 is 6.11 Å². The van der Waals surface area contributed by atoms with Gasteiger partial charge in [0.2, 0.25) is 0 Å². The molecule has 2 nitrogen and oxygen atoms in total. The summed E-state index contributed by atoms with van der Waals surface area (Å²) in [5, 5.41) is 7.27. The maximum atomic E-state index is 8.84. The van der Waals surface area contributed by atoms with Gasteiger partial charge in [0, 0.05) is 16.7 Å². The summed E-state index contributed by atoms with van der Waals surface area (Å²) in [6.45, 7) is 0.728. The van der Waals surface area contributed by atoms with Crippen LogP contribution in [0.2, 0.25) is 0 Å². The first-order valence-corrected chi connectivity index (χ1v) is 7.96. The van der Waals surface area contributed by atoms with E-state index in [0.29, 0.717) is 6.42 Å². The topological polar surface area (TPSA) is 21.3 Å². The van der Waals surface area contributed by atoms with E-state index in [9.17, 15) is 0 Å². The van der Waals surface area contributed by atoms with Crippen LogP contribution < -0.4 is 10.1 Å². The molecule has 1 aromatic heterocycles. The van der Waals surface area contributed by atoms with Gasteiger partial charge in [-0.1, -0.05) is 42.5 Å². The minimum atomic E-state index is -1.07. The molecule has 1 atom stereocenters. The number of nitrogens with one attached hydrogen (secondary N) is 1. The van der Waals surface area contributed by atoms with Crippen LogP contribution in [-0.4, -0.2) is 13.6 Å². The number of ether oxygens (including phenoxy) is 1. The SMILES string of the molecule is [2H][C@@](CCNC)(Oc1cccc2ccccc12)c1cccs1. The molecule has 3 rings (SSSR count). The van der Waals surface area contributed by atoms with Crippen molar-refractivity contribution in [2.24, 2.45) is 0 Å². The second-order valence-corrected chi connectivity index (χ2v) is 5.78. The Labute approximate surface area is 130 Å². The van der Waals surface area contributed by atoms with Crippen LogP contribution in [0.4, 0.5) is 0 Å². The van der Waals surface area contributed by atoms with E-state index < -0.39 is 6.08 Å². The monoisotopic (exact) mass is 298 g/mol. The first-order valence-electron chi connectivity index (χ1n) is 7.58. The lowest BCUT2D eigenvalue weighted by atomic mass is 10.1. The molecule has 0 saturated carbocycles. The van der Waals surface area contributed by atoms with Crippen molar-refractivity contribution in [2.45, 2.75) is 12.5 Å². The van der Waals surface area contributed by atoms with Crippen molar-refractivity contribution >= 4 is 22.1 Å². The van der Waals surface area contributed by atoms with Gasteiger partial charge in [-0.15, -0.1) is 11.3 Å². The molecule has 0 aliphatic rings. The van der Waals surface area contributed by atoms with Gasteiger partial charge in [-0.3, -0.25) is 0 Å². The lowest BCUT2D eigenvalue weighted by Crippen LogP contribution is -2.15. The molecular formula is C18H19NOS. The second kappa shape index (κ2) is 6.74. The molecule has 0 spiro atoms. The third-order valence-corrected chi connectivity index (χ3v) is 4.29. The largest absolute Gasteiger partial charge is 0.484 e. The van der Waals surface area contributed by atoms with Crippen LogP contribution in [0, 0.1) is 0 Å². The third kappa shape index (κ3) is 3.26. The lowest BCUT2D eigenvalue weighted by Gasteiger charge is -2.19. The van der Waals surface area contributed by atoms with E-state index in [0.717, 1.165) is 27.9 Å². The van der Waals surface area contributed by atoms with Gasteiger partial charge in [-0.05, 0) is 36.5 Å². The van der Waals surface area contributed by atoms with E-state index in [-0.39, 0.29) is 0 Å². The van der Waals surface area contributed by atoms with Gasteiger partial charge in [0.1, 0.15) is 11.8 Å². The Morgan fingerprint density at radius 1 is 1.14 bits per heavy atom. The molecule has 0 fully saturated rings. The molecule has 3 aromatic rings. The average molecular weight is 298 g/mol. The fraction of sp³-hybridized carbons (Fsp3) is 0.222. The summed E-state index contributed by atoms with van der Waals surface area (Å²) >= 11 is 1.56. The molecule has 108 valence electrons. The summed E-state index contributed by atoms with van der Waals surface area (Å²) in [6, 6.07) is 18.0. The van der Waals surface area contributed by atoms with Gasteiger partial charge in [-0.2, -0.15) is 0 Å². The standard InChI is InChI=1S/C18H19NOS/c1-19-12-11-17(18-10-5-13-21-18)20-16-9-4-7-14-6-2-3-8-15(14)16/h2-10,13,17,19H,11-12H2,1H3/t17-/m0/s1/i17D. The highest BCUT2D eigenvalue weighted by molar-refractivity contribution is 7.10. The van der Waals surface area contributed by atoms with E-state index in [1.807, 2.05) is 54.9 Å². The highest BCUT2D eigenvalue weighted by Gasteiger charge is 2.15. The molecule has 0 bridgehead atoms. The Morgan fingerprint density at radius 2 is 2.00 bits per heavy atom. The summed E-state index contributed by atoms with van der Waals surface area (Å²) in [5.41, 5.74) is 0. The van der Waals surface area contributed by atoms with E-state index in [1.165, 1.54) is 0 Å². The molecular weight excluding hydrogens is 278 g/mol. The molecule has 2 aromatic carbocycles. The summed E-state index contributed by atoms with van der Waals surface area (Å²) in [7, 11) is 1.90. The average Bonchev–Trinajstić information content (AvgIpc) is 3.09. The van der Waals surface area contributed by atoms with Crippen LogP contribution >= 0.6 is 11.3 Å². The van der Waals surface area contributed by atoms with Gasteiger partial charge in [0.15, 0.2) is 0 Å². The molecule has 0 amide bonds. The molecule has 0 unspecified atom stereocenters. The van der Waals surface area contributed by atoms with Crippen LogP contribution in [0.1, 0.15) is 18.7 Å². The number of rotatable bonds is 6. The molecule has 0 aliphatic carbocycles. The van der Waals surface area contributed by atoms with Crippen molar-refractivity contribution in [3.63, 3.8) is 0 Å². The van der Waals surface area contributed by atoms with Gasteiger partial charge in [0.25, 0.3) is 0 Å². The molecule has 1 heterocycles. The van der Waals surface area contributed by atoms with Gasteiger partial charge in [-0.25, -0.2) is 0 Å². The number of thiophene rings is 1. The van der Waals surface area contributed by atoms with E-state index in [2.05, 4.69) is 17.4 Å². The fourth-order valence-corrected chi connectivity index (χ4v) is 3.05. The number of benzene rings is 2. The van der Waals surface area contributed by atoms with Crippen molar-refractivity contribution in [3.05, 3.63) is 64.9 Å². The maximum absolute atomic E-state index is 8.84. The molecule has 0 aliphatic heterocycles. The smallest absolute Gasteiger partial charge is 0.134 e. The number of fused-ring (bicyclic) bond motifs is 1. The molecule has 0 saturated heterocycles. The number of hydrogen-bond donors (Lipinski definition) is 1. The zero-order chi connectivity index (χ0) is 15.4. The normalized spacial score (nSPS) is 14.6.